The Morgan fingerprint density at radius 2 is 1.69 bits per heavy atom. The van der Waals surface area contributed by atoms with Gasteiger partial charge < -0.3 is 5.32 Å². The fourth-order valence-corrected chi connectivity index (χ4v) is 7.06. The second-order valence-corrected chi connectivity index (χ2v) is 10.2. The molecular formula is C24H33N3O2. The quantitative estimate of drug-likeness (QED) is 0.725. The number of fused-ring (bicyclic) bond motifs is 1. The third-order valence-electron chi connectivity index (χ3n) is 7.87. The van der Waals surface area contributed by atoms with E-state index in [0.717, 1.165) is 56.3 Å². The van der Waals surface area contributed by atoms with Crippen molar-refractivity contribution in [1.82, 2.24) is 16.0 Å². The van der Waals surface area contributed by atoms with Crippen molar-refractivity contribution in [1.29, 1.82) is 0 Å². The smallest absolute Gasteiger partial charge is 0.321 e. The van der Waals surface area contributed by atoms with Gasteiger partial charge in [-0.15, -0.1) is 0 Å². The summed E-state index contributed by atoms with van der Waals surface area (Å²) in [5.74, 6) is 2.06. The van der Waals surface area contributed by atoms with E-state index in [0.29, 0.717) is 0 Å². The highest BCUT2D eigenvalue weighted by atomic mass is 16.2. The second kappa shape index (κ2) is 7.42. The summed E-state index contributed by atoms with van der Waals surface area (Å²) < 4.78 is 0. The first-order valence-electron chi connectivity index (χ1n) is 11.5. The van der Waals surface area contributed by atoms with Crippen molar-refractivity contribution in [3.8, 4) is 0 Å². The number of urea groups is 1. The second-order valence-electron chi connectivity index (χ2n) is 10.2. The average Bonchev–Trinajstić information content (AvgIpc) is 2.66. The number of benzene rings is 1. The molecule has 0 spiro atoms. The van der Waals surface area contributed by atoms with Crippen LogP contribution in [0.25, 0.3) is 0 Å². The molecule has 0 saturated heterocycles. The van der Waals surface area contributed by atoms with Crippen molar-refractivity contribution in [3.05, 3.63) is 35.4 Å². The molecule has 3 amide bonds. The van der Waals surface area contributed by atoms with Crippen molar-refractivity contribution in [2.75, 3.05) is 0 Å². The van der Waals surface area contributed by atoms with Gasteiger partial charge in [0.2, 0.25) is 5.91 Å². The molecule has 2 atom stereocenters. The molecule has 4 bridgehead atoms. The van der Waals surface area contributed by atoms with E-state index in [9.17, 15) is 9.59 Å². The molecule has 156 valence electrons. The lowest BCUT2D eigenvalue weighted by Crippen LogP contribution is -2.62. The van der Waals surface area contributed by atoms with Gasteiger partial charge in [0.1, 0.15) is 0 Å². The van der Waals surface area contributed by atoms with Crippen LogP contribution in [0.5, 0.6) is 0 Å². The van der Waals surface area contributed by atoms with Crippen molar-refractivity contribution in [2.45, 2.75) is 82.3 Å². The van der Waals surface area contributed by atoms with Gasteiger partial charge in [-0.3, -0.25) is 15.4 Å². The molecule has 0 aliphatic heterocycles. The number of aryl methyl sites for hydroxylation is 1. The summed E-state index contributed by atoms with van der Waals surface area (Å²) >= 11 is 0. The Kier molecular flexibility index (Phi) is 4.89. The molecule has 0 radical (unpaired) electrons. The van der Waals surface area contributed by atoms with Crippen LogP contribution in [0, 0.1) is 17.8 Å². The molecule has 29 heavy (non-hydrogen) atoms. The van der Waals surface area contributed by atoms with Gasteiger partial charge in [-0.25, -0.2) is 4.79 Å². The van der Waals surface area contributed by atoms with E-state index >= 15 is 0 Å². The Balaban J connectivity index is 1.17. The van der Waals surface area contributed by atoms with E-state index in [-0.39, 0.29) is 23.5 Å². The van der Waals surface area contributed by atoms with Gasteiger partial charge in [-0.2, -0.15) is 0 Å². The van der Waals surface area contributed by atoms with Crippen LogP contribution in [-0.2, 0) is 11.2 Å². The molecule has 1 aromatic rings. The summed E-state index contributed by atoms with van der Waals surface area (Å²) in [6, 6.07) is 7.91. The number of nitrogens with one attached hydrogen (secondary N) is 3. The standard InChI is InChI=1S/C24H33N3O2/c1-15(25-21-8-4-6-19-5-2-3-7-20(19)21)22(28)26-23(29)27-24-12-16-9-17(13-24)11-18(10-16)14-24/h2-3,5,7,15-18,21,25H,4,6,8-14H2,1H3,(H2,26,27,28,29)/t15-,16?,17?,18?,21-,24?/m0/s1. The van der Waals surface area contributed by atoms with Crippen molar-refractivity contribution in [2.24, 2.45) is 17.8 Å². The molecule has 4 fully saturated rings. The molecule has 5 aliphatic carbocycles. The Bertz CT molecular complexity index is 770. The van der Waals surface area contributed by atoms with Gasteiger partial charge in [0, 0.05) is 11.6 Å². The van der Waals surface area contributed by atoms with E-state index in [4.69, 9.17) is 0 Å². The third kappa shape index (κ3) is 3.81. The molecule has 0 unspecified atom stereocenters. The lowest BCUT2D eigenvalue weighted by Gasteiger charge is -2.56. The predicted molar refractivity (Wildman–Crippen MR) is 112 cm³/mol. The van der Waals surface area contributed by atoms with Gasteiger partial charge in [0.05, 0.1) is 6.04 Å². The summed E-state index contributed by atoms with van der Waals surface area (Å²) in [5, 5.41) is 9.30. The molecule has 5 nitrogen and oxygen atoms in total. The van der Waals surface area contributed by atoms with Gasteiger partial charge in [0.25, 0.3) is 0 Å². The Labute approximate surface area is 173 Å². The third-order valence-corrected chi connectivity index (χ3v) is 7.87. The normalized spacial score (nSPS) is 35.6. The summed E-state index contributed by atoms with van der Waals surface area (Å²) in [4.78, 5) is 25.4. The SMILES string of the molecule is C[C@H](N[C@H]1CCCc2ccccc21)C(=O)NC(=O)NC12CC3CC(CC(C3)C1)C2. The lowest BCUT2D eigenvalue weighted by atomic mass is 9.53. The first-order chi connectivity index (χ1) is 14.0. The topological polar surface area (TPSA) is 70.2 Å². The summed E-state index contributed by atoms with van der Waals surface area (Å²) in [6.07, 6.45) is 10.5. The molecule has 0 aromatic heterocycles. The fourth-order valence-electron chi connectivity index (χ4n) is 7.06. The van der Waals surface area contributed by atoms with Gasteiger partial charge >= 0.3 is 6.03 Å². The molecule has 5 aliphatic rings. The first kappa shape index (κ1) is 19.1. The van der Waals surface area contributed by atoms with Crippen LogP contribution in [-0.4, -0.2) is 23.5 Å². The maximum Gasteiger partial charge on any atom is 0.321 e. The van der Waals surface area contributed by atoms with Crippen molar-refractivity contribution < 1.29 is 9.59 Å². The molecular weight excluding hydrogens is 362 g/mol. The van der Waals surface area contributed by atoms with Crippen LogP contribution in [0.3, 0.4) is 0 Å². The number of hydrogen-bond acceptors (Lipinski definition) is 3. The summed E-state index contributed by atoms with van der Waals surface area (Å²) in [7, 11) is 0. The highest BCUT2D eigenvalue weighted by molar-refractivity contribution is 5.97. The monoisotopic (exact) mass is 395 g/mol. The first-order valence-corrected chi connectivity index (χ1v) is 11.5. The van der Waals surface area contributed by atoms with Crippen LogP contribution >= 0.6 is 0 Å². The number of carbonyl (C=O) groups is 2. The zero-order chi connectivity index (χ0) is 20.0. The van der Waals surface area contributed by atoms with E-state index in [1.807, 2.05) is 6.92 Å². The Morgan fingerprint density at radius 1 is 1.03 bits per heavy atom. The van der Waals surface area contributed by atoms with E-state index in [1.165, 1.54) is 30.4 Å². The average molecular weight is 396 g/mol. The van der Waals surface area contributed by atoms with Crippen LogP contribution < -0.4 is 16.0 Å². The Hall–Kier alpha value is -1.88. The summed E-state index contributed by atoms with van der Waals surface area (Å²) in [5.41, 5.74) is 2.58. The molecule has 4 saturated carbocycles. The zero-order valence-electron chi connectivity index (χ0n) is 17.4. The molecule has 0 heterocycles. The zero-order valence-corrected chi connectivity index (χ0v) is 17.4. The van der Waals surface area contributed by atoms with Crippen LogP contribution in [0.1, 0.15) is 75.5 Å². The Morgan fingerprint density at radius 3 is 2.38 bits per heavy atom. The van der Waals surface area contributed by atoms with Crippen molar-refractivity contribution in [3.63, 3.8) is 0 Å². The van der Waals surface area contributed by atoms with Gasteiger partial charge in [0.15, 0.2) is 0 Å². The lowest BCUT2D eigenvalue weighted by molar-refractivity contribution is -0.122. The van der Waals surface area contributed by atoms with Gasteiger partial charge in [-0.05, 0) is 93.6 Å². The van der Waals surface area contributed by atoms with E-state index in [2.05, 4.69) is 40.2 Å². The highest BCUT2D eigenvalue weighted by Gasteiger charge is 2.51. The van der Waals surface area contributed by atoms with Crippen LogP contribution in [0.4, 0.5) is 4.79 Å². The molecule has 5 heteroatoms. The maximum atomic E-state index is 12.7. The highest BCUT2D eigenvalue weighted by Crippen LogP contribution is 2.55. The number of rotatable bonds is 4. The number of amides is 3. The number of imide groups is 1. The van der Waals surface area contributed by atoms with E-state index in [1.54, 1.807) is 0 Å². The molecule has 1 aromatic carbocycles. The predicted octanol–water partition coefficient (Wildman–Crippen LogP) is 3.84. The largest absolute Gasteiger partial charge is 0.332 e. The fraction of sp³-hybridized carbons (Fsp3) is 0.667. The minimum absolute atomic E-state index is 0.0713. The van der Waals surface area contributed by atoms with Crippen LogP contribution in [0.15, 0.2) is 24.3 Å². The van der Waals surface area contributed by atoms with Crippen LogP contribution in [0.2, 0.25) is 0 Å². The number of carbonyl (C=O) groups excluding carboxylic acids is 2. The minimum Gasteiger partial charge on any atom is -0.332 e. The molecule has 6 rings (SSSR count). The van der Waals surface area contributed by atoms with Crippen molar-refractivity contribution >= 4 is 11.9 Å². The molecule has 3 N–H and O–H groups in total. The number of hydrogen-bond donors (Lipinski definition) is 3. The van der Waals surface area contributed by atoms with E-state index < -0.39 is 6.04 Å². The minimum atomic E-state index is -0.409. The maximum absolute atomic E-state index is 12.7. The van der Waals surface area contributed by atoms with Gasteiger partial charge in [-0.1, -0.05) is 24.3 Å². The summed E-state index contributed by atoms with van der Waals surface area (Å²) in [6.45, 7) is 1.85.